The Kier molecular flexibility index (Phi) is 5.32. The minimum absolute atomic E-state index is 0.690. The summed E-state index contributed by atoms with van der Waals surface area (Å²) in [5.74, 6) is 0.690. The normalized spacial score (nSPS) is 11.2. The fourth-order valence-corrected chi connectivity index (χ4v) is 3.16. The van der Waals surface area contributed by atoms with Gasteiger partial charge in [-0.2, -0.15) is 0 Å². The summed E-state index contributed by atoms with van der Waals surface area (Å²) in [6.45, 7) is 10.7. The first-order valence-electron chi connectivity index (χ1n) is 7.26. The third kappa shape index (κ3) is 4.43. The van der Waals surface area contributed by atoms with Gasteiger partial charge in [0.2, 0.25) is 0 Å². The lowest BCUT2D eigenvalue weighted by atomic mass is 10.1. The van der Waals surface area contributed by atoms with Gasteiger partial charge in [0.25, 0.3) is 0 Å². The smallest absolute Gasteiger partial charge is 0.0975 e. The minimum Gasteiger partial charge on any atom is -0.312 e. The van der Waals surface area contributed by atoms with Gasteiger partial charge in [-0.05, 0) is 31.9 Å². The molecule has 1 heterocycles. The molecule has 20 heavy (non-hydrogen) atoms. The highest BCUT2D eigenvalue weighted by molar-refractivity contribution is 7.11. The summed E-state index contributed by atoms with van der Waals surface area (Å²) in [5.41, 5.74) is 3.82. The number of nitrogens with one attached hydrogen (secondary N) is 1. The van der Waals surface area contributed by atoms with Crippen molar-refractivity contribution in [3.05, 3.63) is 51.0 Å². The standard InChI is InChI=1S/C17H24N2S/c1-12(2)10-18-11-16-14(4)19-17(20-16)9-15-7-5-13(3)6-8-15/h5-8,12,18H,9-11H2,1-4H3. The van der Waals surface area contributed by atoms with Gasteiger partial charge < -0.3 is 5.32 Å². The molecule has 0 aliphatic carbocycles. The quantitative estimate of drug-likeness (QED) is 0.865. The van der Waals surface area contributed by atoms with Crippen LogP contribution in [0.25, 0.3) is 0 Å². The van der Waals surface area contributed by atoms with E-state index in [9.17, 15) is 0 Å². The largest absolute Gasteiger partial charge is 0.312 e. The van der Waals surface area contributed by atoms with E-state index in [-0.39, 0.29) is 0 Å². The molecule has 0 saturated carbocycles. The third-order valence-corrected chi connectivity index (χ3v) is 4.41. The van der Waals surface area contributed by atoms with Crippen molar-refractivity contribution in [3.8, 4) is 0 Å². The van der Waals surface area contributed by atoms with E-state index in [1.165, 1.54) is 26.7 Å². The van der Waals surface area contributed by atoms with Crippen LogP contribution in [0.4, 0.5) is 0 Å². The van der Waals surface area contributed by atoms with Crippen LogP contribution in [0.15, 0.2) is 24.3 Å². The number of benzene rings is 1. The second-order valence-electron chi connectivity index (χ2n) is 5.80. The van der Waals surface area contributed by atoms with Crippen LogP contribution >= 0.6 is 11.3 Å². The van der Waals surface area contributed by atoms with E-state index in [0.717, 1.165) is 19.5 Å². The molecule has 2 aromatic rings. The van der Waals surface area contributed by atoms with E-state index in [2.05, 4.69) is 57.3 Å². The first kappa shape index (κ1) is 15.2. The number of nitrogens with zero attached hydrogens (tertiary/aromatic N) is 1. The molecule has 1 N–H and O–H groups in total. The molecule has 108 valence electrons. The molecule has 0 amide bonds. The summed E-state index contributed by atoms with van der Waals surface area (Å²) in [4.78, 5) is 6.07. The summed E-state index contributed by atoms with van der Waals surface area (Å²) in [5, 5.41) is 4.71. The Bertz CT molecular complexity index is 541. The van der Waals surface area contributed by atoms with Gasteiger partial charge in [-0.25, -0.2) is 4.98 Å². The molecule has 0 saturated heterocycles. The number of hydrogen-bond donors (Lipinski definition) is 1. The van der Waals surface area contributed by atoms with E-state index in [1.54, 1.807) is 0 Å². The molecule has 0 unspecified atom stereocenters. The van der Waals surface area contributed by atoms with Gasteiger partial charge in [0.05, 0.1) is 10.7 Å². The molecular formula is C17H24N2S. The van der Waals surface area contributed by atoms with Crippen molar-refractivity contribution in [2.75, 3.05) is 6.54 Å². The average molecular weight is 288 g/mol. The predicted molar refractivity (Wildman–Crippen MR) is 87.4 cm³/mol. The number of hydrogen-bond acceptors (Lipinski definition) is 3. The first-order valence-corrected chi connectivity index (χ1v) is 8.07. The van der Waals surface area contributed by atoms with E-state index in [0.29, 0.717) is 5.92 Å². The number of aryl methyl sites for hydroxylation is 2. The van der Waals surface area contributed by atoms with Crippen LogP contribution in [0.2, 0.25) is 0 Å². The lowest BCUT2D eigenvalue weighted by molar-refractivity contribution is 0.554. The Labute approximate surface area is 126 Å². The van der Waals surface area contributed by atoms with E-state index >= 15 is 0 Å². The Morgan fingerprint density at radius 1 is 1.15 bits per heavy atom. The second kappa shape index (κ2) is 7.00. The predicted octanol–water partition coefficient (Wildman–Crippen LogP) is 4.10. The Morgan fingerprint density at radius 2 is 1.85 bits per heavy atom. The molecule has 0 fully saturated rings. The highest BCUT2D eigenvalue weighted by Crippen LogP contribution is 2.21. The maximum Gasteiger partial charge on any atom is 0.0975 e. The maximum absolute atomic E-state index is 4.70. The molecule has 2 nitrogen and oxygen atoms in total. The molecule has 1 aromatic heterocycles. The van der Waals surface area contributed by atoms with Gasteiger partial charge in [0.1, 0.15) is 0 Å². The Morgan fingerprint density at radius 3 is 2.50 bits per heavy atom. The van der Waals surface area contributed by atoms with Crippen LogP contribution in [-0.4, -0.2) is 11.5 Å². The Hall–Kier alpha value is -1.19. The summed E-state index contributed by atoms with van der Waals surface area (Å²) in [7, 11) is 0. The van der Waals surface area contributed by atoms with Gasteiger partial charge in [-0.3, -0.25) is 0 Å². The first-order chi connectivity index (χ1) is 9.54. The summed E-state index contributed by atoms with van der Waals surface area (Å²) in [6.07, 6.45) is 0.940. The minimum atomic E-state index is 0.690. The van der Waals surface area contributed by atoms with Crippen LogP contribution in [0.1, 0.15) is 40.6 Å². The van der Waals surface area contributed by atoms with Crippen molar-refractivity contribution in [1.82, 2.24) is 10.3 Å². The lowest BCUT2D eigenvalue weighted by Gasteiger charge is -2.05. The topological polar surface area (TPSA) is 24.9 Å². The third-order valence-electron chi connectivity index (χ3n) is 3.25. The molecule has 0 atom stereocenters. The highest BCUT2D eigenvalue weighted by Gasteiger charge is 2.08. The summed E-state index contributed by atoms with van der Waals surface area (Å²) < 4.78 is 0. The summed E-state index contributed by atoms with van der Waals surface area (Å²) >= 11 is 1.84. The van der Waals surface area contributed by atoms with Gasteiger partial charge in [-0.15, -0.1) is 11.3 Å². The Balaban J connectivity index is 1.97. The monoisotopic (exact) mass is 288 g/mol. The van der Waals surface area contributed by atoms with E-state index in [4.69, 9.17) is 4.98 Å². The van der Waals surface area contributed by atoms with Crippen molar-refractivity contribution in [1.29, 1.82) is 0 Å². The van der Waals surface area contributed by atoms with Gasteiger partial charge in [0, 0.05) is 17.8 Å². The van der Waals surface area contributed by atoms with E-state index < -0.39 is 0 Å². The van der Waals surface area contributed by atoms with Crippen LogP contribution in [-0.2, 0) is 13.0 Å². The van der Waals surface area contributed by atoms with Gasteiger partial charge in [0.15, 0.2) is 0 Å². The lowest BCUT2D eigenvalue weighted by Crippen LogP contribution is -2.18. The van der Waals surface area contributed by atoms with Crippen molar-refractivity contribution in [3.63, 3.8) is 0 Å². The fraction of sp³-hybridized carbons (Fsp3) is 0.471. The molecule has 2 rings (SSSR count). The van der Waals surface area contributed by atoms with Crippen LogP contribution < -0.4 is 5.32 Å². The molecule has 0 spiro atoms. The van der Waals surface area contributed by atoms with Crippen LogP contribution in [0.5, 0.6) is 0 Å². The molecule has 0 aliphatic rings. The van der Waals surface area contributed by atoms with Gasteiger partial charge in [-0.1, -0.05) is 43.7 Å². The zero-order chi connectivity index (χ0) is 14.5. The molecule has 0 aliphatic heterocycles. The van der Waals surface area contributed by atoms with Gasteiger partial charge >= 0.3 is 0 Å². The zero-order valence-corrected chi connectivity index (χ0v) is 13.7. The van der Waals surface area contributed by atoms with Crippen molar-refractivity contribution >= 4 is 11.3 Å². The maximum atomic E-state index is 4.70. The summed E-state index contributed by atoms with van der Waals surface area (Å²) in [6, 6.07) is 8.73. The zero-order valence-electron chi connectivity index (χ0n) is 12.9. The average Bonchev–Trinajstić information content (AvgIpc) is 2.72. The number of aromatic nitrogens is 1. The fourth-order valence-electron chi connectivity index (χ4n) is 2.08. The molecular weight excluding hydrogens is 264 g/mol. The second-order valence-corrected chi connectivity index (χ2v) is 6.97. The molecule has 0 radical (unpaired) electrons. The van der Waals surface area contributed by atoms with Crippen LogP contribution in [0.3, 0.4) is 0 Å². The SMILES string of the molecule is Cc1ccc(Cc2nc(C)c(CNCC(C)C)s2)cc1. The van der Waals surface area contributed by atoms with Crippen molar-refractivity contribution in [2.24, 2.45) is 5.92 Å². The number of rotatable bonds is 6. The van der Waals surface area contributed by atoms with E-state index in [1.807, 2.05) is 11.3 Å². The van der Waals surface area contributed by atoms with Crippen LogP contribution in [0, 0.1) is 19.8 Å². The highest BCUT2D eigenvalue weighted by atomic mass is 32.1. The molecule has 1 aromatic carbocycles. The van der Waals surface area contributed by atoms with Crippen molar-refractivity contribution in [2.45, 2.75) is 40.7 Å². The number of thiazole rings is 1. The van der Waals surface area contributed by atoms with Crippen molar-refractivity contribution < 1.29 is 0 Å². The molecule has 0 bridgehead atoms. The molecule has 3 heteroatoms.